The minimum absolute atomic E-state index is 0.0963. The second-order valence-corrected chi connectivity index (χ2v) is 2.96. The maximum Gasteiger partial charge on any atom is 0.194 e. The largest absolute Gasteiger partial charge is 0.623 e. The molecule has 0 aliphatic carbocycles. The van der Waals surface area contributed by atoms with Crippen molar-refractivity contribution in [1.82, 2.24) is 0 Å². The Hall–Kier alpha value is -1.59. The normalized spacial score (nSPS) is 18.3. The number of hydrogen-bond donors (Lipinski definition) is 2. The first-order valence-electron chi connectivity index (χ1n) is 4.37. The van der Waals surface area contributed by atoms with Crippen LogP contribution in [0.4, 0.5) is 17.1 Å². The summed E-state index contributed by atoms with van der Waals surface area (Å²) in [5.74, 6) is 0.546. The Labute approximate surface area is 81.4 Å². The number of fused-ring (bicyclic) bond motifs is 1. The third kappa shape index (κ3) is 1.32. The van der Waals surface area contributed by atoms with Gasteiger partial charge in [-0.25, -0.2) is 0 Å². The Morgan fingerprint density at radius 3 is 3.07 bits per heavy atom. The van der Waals surface area contributed by atoms with Gasteiger partial charge in [0.05, 0.1) is 12.3 Å². The maximum absolute atomic E-state index is 11.3. The SMILES string of the molecule is CCOc1cc2c(cc1N)N=C[NH+]2[O-]. The van der Waals surface area contributed by atoms with E-state index in [4.69, 9.17) is 10.5 Å². The summed E-state index contributed by atoms with van der Waals surface area (Å²) in [7, 11) is 0. The van der Waals surface area contributed by atoms with E-state index in [1.165, 1.54) is 6.34 Å². The molecule has 5 heteroatoms. The summed E-state index contributed by atoms with van der Waals surface area (Å²) < 4.78 is 5.28. The van der Waals surface area contributed by atoms with Gasteiger partial charge >= 0.3 is 0 Å². The Morgan fingerprint density at radius 2 is 2.36 bits per heavy atom. The molecule has 1 heterocycles. The predicted molar refractivity (Wildman–Crippen MR) is 54.2 cm³/mol. The zero-order valence-electron chi connectivity index (χ0n) is 7.78. The Morgan fingerprint density at radius 1 is 1.57 bits per heavy atom. The lowest BCUT2D eigenvalue weighted by atomic mass is 10.2. The molecular weight excluding hydrogens is 182 g/mol. The molecule has 0 amide bonds. The number of hydrogen-bond acceptors (Lipinski definition) is 4. The van der Waals surface area contributed by atoms with Crippen LogP contribution in [0.2, 0.25) is 0 Å². The zero-order valence-corrected chi connectivity index (χ0v) is 7.78. The number of rotatable bonds is 2. The summed E-state index contributed by atoms with van der Waals surface area (Å²) in [6.45, 7) is 2.39. The molecule has 2 rings (SSSR count). The average molecular weight is 193 g/mol. The fourth-order valence-corrected chi connectivity index (χ4v) is 1.37. The molecule has 74 valence electrons. The van der Waals surface area contributed by atoms with Crippen molar-refractivity contribution in [3.05, 3.63) is 17.3 Å². The van der Waals surface area contributed by atoms with Gasteiger partial charge in [-0.1, -0.05) is 0 Å². The van der Waals surface area contributed by atoms with E-state index < -0.39 is 0 Å². The minimum Gasteiger partial charge on any atom is -0.623 e. The van der Waals surface area contributed by atoms with Gasteiger partial charge < -0.3 is 15.7 Å². The standard InChI is InChI=1S/C9H11N3O2/c1-2-14-9-4-8-7(3-6(9)10)11-5-12(8)13/h3-5,12H,2,10H2,1H3. The van der Waals surface area contributed by atoms with Crippen LogP contribution >= 0.6 is 0 Å². The number of quaternary nitrogens is 1. The summed E-state index contributed by atoms with van der Waals surface area (Å²) >= 11 is 0. The fraction of sp³-hybridized carbons (Fsp3) is 0.222. The summed E-state index contributed by atoms with van der Waals surface area (Å²) in [6.07, 6.45) is 1.29. The highest BCUT2D eigenvalue weighted by Gasteiger charge is 2.17. The second kappa shape index (κ2) is 3.28. The summed E-state index contributed by atoms with van der Waals surface area (Å²) in [4.78, 5) is 3.93. The van der Waals surface area contributed by atoms with Crippen LogP contribution in [0, 0.1) is 5.21 Å². The van der Waals surface area contributed by atoms with Crippen LogP contribution < -0.4 is 15.5 Å². The first kappa shape index (κ1) is 8.98. The Bertz CT molecular complexity index is 390. The van der Waals surface area contributed by atoms with E-state index in [2.05, 4.69) is 4.99 Å². The predicted octanol–water partition coefficient (Wildman–Crippen LogP) is 0.355. The van der Waals surface area contributed by atoms with Gasteiger partial charge in [-0.05, 0) is 13.0 Å². The molecule has 0 spiro atoms. The van der Waals surface area contributed by atoms with Crippen LogP contribution in [0.3, 0.4) is 0 Å². The molecular formula is C9H11N3O2. The molecule has 1 atom stereocenters. The molecule has 5 nitrogen and oxygen atoms in total. The lowest BCUT2D eigenvalue weighted by Gasteiger charge is -2.13. The molecule has 1 unspecified atom stereocenters. The van der Waals surface area contributed by atoms with Crippen LogP contribution in [-0.4, -0.2) is 12.9 Å². The van der Waals surface area contributed by atoms with Crippen molar-refractivity contribution in [2.45, 2.75) is 6.92 Å². The summed E-state index contributed by atoms with van der Waals surface area (Å²) in [5, 5.41) is 11.2. The summed E-state index contributed by atoms with van der Waals surface area (Å²) in [5.41, 5.74) is 7.41. The highest BCUT2D eigenvalue weighted by molar-refractivity contribution is 5.78. The van der Waals surface area contributed by atoms with Crippen molar-refractivity contribution in [2.75, 3.05) is 12.3 Å². The molecule has 1 aromatic carbocycles. The van der Waals surface area contributed by atoms with Gasteiger partial charge in [-0.2, -0.15) is 4.99 Å². The van der Waals surface area contributed by atoms with E-state index in [1.807, 2.05) is 6.92 Å². The Kier molecular flexibility index (Phi) is 2.11. The summed E-state index contributed by atoms with van der Waals surface area (Å²) in [6, 6.07) is 3.30. The number of nitrogens with two attached hydrogens (primary N) is 1. The lowest BCUT2D eigenvalue weighted by Crippen LogP contribution is -2.99. The zero-order chi connectivity index (χ0) is 10.1. The average Bonchev–Trinajstić information content (AvgIpc) is 2.49. The number of nitrogen functional groups attached to an aromatic ring is 1. The molecule has 0 aromatic heterocycles. The molecule has 0 fully saturated rings. The quantitative estimate of drug-likeness (QED) is 0.526. The minimum atomic E-state index is -0.0963. The van der Waals surface area contributed by atoms with Gasteiger partial charge in [-0.3, -0.25) is 5.06 Å². The lowest BCUT2D eigenvalue weighted by molar-refractivity contribution is -0.655. The van der Waals surface area contributed by atoms with E-state index in [-0.39, 0.29) is 5.06 Å². The van der Waals surface area contributed by atoms with Gasteiger partial charge in [0.15, 0.2) is 12.0 Å². The molecule has 1 aromatic rings. The van der Waals surface area contributed by atoms with Crippen LogP contribution in [0.1, 0.15) is 6.92 Å². The number of aliphatic imine (C=N–C) groups is 1. The fourth-order valence-electron chi connectivity index (χ4n) is 1.37. The first-order valence-corrected chi connectivity index (χ1v) is 4.37. The highest BCUT2D eigenvalue weighted by atomic mass is 16.5. The topological polar surface area (TPSA) is 75.1 Å². The number of ether oxygens (including phenoxy) is 1. The highest BCUT2D eigenvalue weighted by Crippen LogP contribution is 2.33. The van der Waals surface area contributed by atoms with E-state index >= 15 is 0 Å². The molecule has 0 bridgehead atoms. The molecule has 0 radical (unpaired) electrons. The number of hydroxylamine groups is 1. The molecule has 1 aliphatic rings. The van der Waals surface area contributed by atoms with Crippen molar-refractivity contribution in [3.8, 4) is 5.75 Å². The van der Waals surface area contributed by atoms with Gasteiger partial charge in [0.2, 0.25) is 0 Å². The van der Waals surface area contributed by atoms with Crippen molar-refractivity contribution < 1.29 is 9.80 Å². The van der Waals surface area contributed by atoms with Gasteiger partial charge in [0.1, 0.15) is 11.4 Å². The van der Waals surface area contributed by atoms with Gasteiger partial charge in [0, 0.05) is 6.07 Å². The Balaban J connectivity index is 2.44. The third-order valence-electron chi connectivity index (χ3n) is 2.01. The first-order chi connectivity index (χ1) is 6.72. The van der Waals surface area contributed by atoms with Gasteiger partial charge in [-0.15, -0.1) is 0 Å². The van der Waals surface area contributed by atoms with Crippen molar-refractivity contribution in [3.63, 3.8) is 0 Å². The van der Waals surface area contributed by atoms with Crippen LogP contribution in [-0.2, 0) is 0 Å². The van der Waals surface area contributed by atoms with E-state index in [1.54, 1.807) is 12.1 Å². The van der Waals surface area contributed by atoms with E-state index in [0.29, 0.717) is 29.4 Å². The van der Waals surface area contributed by atoms with Gasteiger partial charge in [0.25, 0.3) is 0 Å². The van der Waals surface area contributed by atoms with Crippen molar-refractivity contribution in [2.24, 2.45) is 4.99 Å². The second-order valence-electron chi connectivity index (χ2n) is 2.96. The molecule has 14 heavy (non-hydrogen) atoms. The van der Waals surface area contributed by atoms with E-state index in [9.17, 15) is 5.21 Å². The van der Waals surface area contributed by atoms with Crippen LogP contribution in [0.5, 0.6) is 5.75 Å². The molecule has 1 aliphatic heterocycles. The molecule has 3 N–H and O–H groups in total. The molecule has 0 saturated carbocycles. The molecule has 0 saturated heterocycles. The smallest absolute Gasteiger partial charge is 0.194 e. The third-order valence-corrected chi connectivity index (χ3v) is 2.01. The maximum atomic E-state index is 11.3. The number of nitrogens with zero attached hydrogens (tertiary/aromatic N) is 1. The van der Waals surface area contributed by atoms with E-state index in [0.717, 1.165) is 0 Å². The van der Waals surface area contributed by atoms with Crippen LogP contribution in [0.15, 0.2) is 17.1 Å². The number of anilines is 1. The van der Waals surface area contributed by atoms with Crippen molar-refractivity contribution >= 4 is 23.4 Å². The monoisotopic (exact) mass is 193 g/mol. The number of benzene rings is 1. The number of nitrogens with one attached hydrogen (secondary N) is 1. The van der Waals surface area contributed by atoms with Crippen molar-refractivity contribution in [1.29, 1.82) is 0 Å². The van der Waals surface area contributed by atoms with Crippen LogP contribution in [0.25, 0.3) is 0 Å².